The highest BCUT2D eigenvalue weighted by Crippen LogP contribution is 2.30. The number of amides is 1. The van der Waals surface area contributed by atoms with E-state index in [1.54, 1.807) is 12.1 Å². The van der Waals surface area contributed by atoms with Gasteiger partial charge in [0, 0.05) is 25.1 Å². The van der Waals surface area contributed by atoms with E-state index >= 15 is 0 Å². The highest BCUT2D eigenvalue weighted by molar-refractivity contribution is 6.30. The second kappa shape index (κ2) is 9.56. The highest BCUT2D eigenvalue weighted by Gasteiger charge is 2.28. The predicted molar refractivity (Wildman–Crippen MR) is 130 cm³/mol. The molecule has 0 aromatic heterocycles. The molecule has 4 rings (SSSR count). The van der Waals surface area contributed by atoms with E-state index in [1.165, 1.54) is 11.1 Å². The molecule has 0 N–H and O–H groups in total. The Balaban J connectivity index is 1.40. The van der Waals surface area contributed by atoms with E-state index in [2.05, 4.69) is 26.0 Å². The van der Waals surface area contributed by atoms with Crippen LogP contribution in [0.2, 0.25) is 5.02 Å². The van der Waals surface area contributed by atoms with Crippen LogP contribution in [0.5, 0.6) is 5.75 Å². The molecule has 1 aliphatic rings. The first-order valence-corrected chi connectivity index (χ1v) is 11.6. The molecule has 0 fully saturated rings. The predicted octanol–water partition coefficient (Wildman–Crippen LogP) is 6.62. The Morgan fingerprint density at radius 1 is 1.09 bits per heavy atom. The SMILES string of the molecule is Cc1ccc(Cl)c(F)c1COc1ccc2c(c1)CCN(C(=O)CC(C)(C)c1ccccc1)C2. The molecule has 0 bridgehead atoms. The summed E-state index contributed by atoms with van der Waals surface area (Å²) in [6.07, 6.45) is 1.24. The van der Waals surface area contributed by atoms with Crippen molar-refractivity contribution in [3.8, 4) is 5.75 Å². The topological polar surface area (TPSA) is 29.5 Å². The smallest absolute Gasteiger partial charge is 0.223 e. The number of hydrogen-bond donors (Lipinski definition) is 0. The first-order valence-electron chi connectivity index (χ1n) is 11.3. The van der Waals surface area contributed by atoms with Crippen molar-refractivity contribution in [2.75, 3.05) is 6.54 Å². The average Bonchev–Trinajstić information content (AvgIpc) is 2.81. The highest BCUT2D eigenvalue weighted by atomic mass is 35.5. The minimum atomic E-state index is -0.429. The lowest BCUT2D eigenvalue weighted by molar-refractivity contribution is -0.133. The average molecular weight is 466 g/mol. The Morgan fingerprint density at radius 3 is 2.61 bits per heavy atom. The molecule has 1 aliphatic heterocycles. The first-order chi connectivity index (χ1) is 15.7. The van der Waals surface area contributed by atoms with Gasteiger partial charge in [0.1, 0.15) is 18.2 Å². The fourth-order valence-electron chi connectivity index (χ4n) is 4.34. The molecule has 3 aromatic carbocycles. The van der Waals surface area contributed by atoms with Crippen molar-refractivity contribution in [3.05, 3.63) is 99.3 Å². The lowest BCUT2D eigenvalue weighted by Crippen LogP contribution is -2.39. The Labute approximate surface area is 200 Å². The van der Waals surface area contributed by atoms with Crippen LogP contribution >= 0.6 is 11.6 Å². The van der Waals surface area contributed by atoms with Crippen LogP contribution in [-0.2, 0) is 29.8 Å². The molecule has 33 heavy (non-hydrogen) atoms. The zero-order valence-corrected chi connectivity index (χ0v) is 20.1. The fourth-order valence-corrected chi connectivity index (χ4v) is 4.51. The molecule has 1 amide bonds. The molecule has 172 valence electrons. The second-order valence-electron chi connectivity index (χ2n) is 9.37. The number of ether oxygens (including phenoxy) is 1. The van der Waals surface area contributed by atoms with Gasteiger partial charge in [-0.05, 0) is 59.2 Å². The first kappa shape index (κ1) is 23.3. The Hall–Kier alpha value is -2.85. The lowest BCUT2D eigenvalue weighted by Gasteiger charge is -2.33. The summed E-state index contributed by atoms with van der Waals surface area (Å²) < 4.78 is 20.2. The summed E-state index contributed by atoms with van der Waals surface area (Å²) in [6.45, 7) is 7.48. The van der Waals surface area contributed by atoms with Gasteiger partial charge < -0.3 is 9.64 Å². The molecule has 0 spiro atoms. The minimum Gasteiger partial charge on any atom is -0.489 e. The van der Waals surface area contributed by atoms with Gasteiger partial charge in [-0.15, -0.1) is 0 Å². The number of carbonyl (C=O) groups excluding carboxylic acids is 1. The molecule has 5 heteroatoms. The second-order valence-corrected chi connectivity index (χ2v) is 9.78. The summed E-state index contributed by atoms with van der Waals surface area (Å²) in [4.78, 5) is 15.0. The molecule has 0 radical (unpaired) electrons. The Morgan fingerprint density at radius 2 is 1.85 bits per heavy atom. The van der Waals surface area contributed by atoms with E-state index in [-0.39, 0.29) is 23.0 Å². The fraction of sp³-hybridized carbons (Fsp3) is 0.321. The zero-order chi connectivity index (χ0) is 23.6. The molecule has 3 nitrogen and oxygen atoms in total. The third-order valence-electron chi connectivity index (χ3n) is 6.50. The summed E-state index contributed by atoms with van der Waals surface area (Å²) in [5.74, 6) is 0.432. The maximum atomic E-state index is 14.3. The van der Waals surface area contributed by atoms with Crippen molar-refractivity contribution in [3.63, 3.8) is 0 Å². The van der Waals surface area contributed by atoms with Crippen LogP contribution < -0.4 is 4.74 Å². The van der Waals surface area contributed by atoms with E-state index in [0.29, 0.717) is 30.8 Å². The van der Waals surface area contributed by atoms with Gasteiger partial charge in [-0.1, -0.05) is 67.9 Å². The van der Waals surface area contributed by atoms with E-state index in [1.807, 2.05) is 48.2 Å². The quantitative estimate of drug-likeness (QED) is 0.409. The number of hydrogen-bond acceptors (Lipinski definition) is 2. The van der Waals surface area contributed by atoms with Crippen molar-refractivity contribution < 1.29 is 13.9 Å². The van der Waals surface area contributed by atoms with Gasteiger partial charge in [0.05, 0.1) is 5.02 Å². The zero-order valence-electron chi connectivity index (χ0n) is 19.3. The summed E-state index contributed by atoms with van der Waals surface area (Å²) in [6, 6.07) is 19.4. The van der Waals surface area contributed by atoms with Crippen LogP contribution in [0.15, 0.2) is 60.7 Å². The number of benzene rings is 3. The normalized spacial score (nSPS) is 13.5. The lowest BCUT2D eigenvalue weighted by atomic mass is 9.81. The number of carbonyl (C=O) groups is 1. The van der Waals surface area contributed by atoms with Crippen molar-refractivity contribution in [2.45, 2.75) is 52.2 Å². The van der Waals surface area contributed by atoms with Crippen LogP contribution in [-0.4, -0.2) is 17.4 Å². The molecular formula is C28H29ClFNO2. The molecule has 0 saturated carbocycles. The third kappa shape index (κ3) is 5.22. The van der Waals surface area contributed by atoms with Crippen LogP contribution in [0, 0.1) is 12.7 Å². The summed E-state index contributed by atoms with van der Waals surface area (Å²) in [7, 11) is 0. The van der Waals surface area contributed by atoms with Crippen molar-refractivity contribution in [1.82, 2.24) is 4.90 Å². The third-order valence-corrected chi connectivity index (χ3v) is 6.80. The Kier molecular flexibility index (Phi) is 6.76. The summed E-state index contributed by atoms with van der Waals surface area (Å²) in [5.41, 5.74) is 4.53. The molecule has 0 atom stereocenters. The van der Waals surface area contributed by atoms with Gasteiger partial charge in [-0.3, -0.25) is 4.79 Å². The molecule has 1 heterocycles. The summed E-state index contributed by atoms with van der Waals surface area (Å²) in [5, 5.41) is 0.102. The van der Waals surface area contributed by atoms with Crippen LogP contribution in [0.4, 0.5) is 4.39 Å². The van der Waals surface area contributed by atoms with Crippen LogP contribution in [0.25, 0.3) is 0 Å². The number of halogens is 2. The van der Waals surface area contributed by atoms with E-state index in [9.17, 15) is 9.18 Å². The Bertz CT molecular complexity index is 1160. The van der Waals surface area contributed by atoms with Crippen molar-refractivity contribution in [2.24, 2.45) is 0 Å². The van der Waals surface area contributed by atoms with Gasteiger partial charge in [0.25, 0.3) is 0 Å². The monoisotopic (exact) mass is 465 g/mol. The van der Waals surface area contributed by atoms with Gasteiger partial charge >= 0.3 is 0 Å². The van der Waals surface area contributed by atoms with E-state index in [0.717, 1.165) is 17.5 Å². The van der Waals surface area contributed by atoms with Crippen molar-refractivity contribution in [1.29, 1.82) is 0 Å². The van der Waals surface area contributed by atoms with Gasteiger partial charge in [-0.2, -0.15) is 0 Å². The molecule has 3 aromatic rings. The van der Waals surface area contributed by atoms with Gasteiger partial charge in [0.2, 0.25) is 5.91 Å². The van der Waals surface area contributed by atoms with Crippen LogP contribution in [0.1, 0.15) is 48.1 Å². The summed E-state index contributed by atoms with van der Waals surface area (Å²) >= 11 is 5.91. The number of aryl methyl sites for hydroxylation is 1. The number of rotatable bonds is 6. The molecule has 0 aliphatic carbocycles. The number of fused-ring (bicyclic) bond motifs is 1. The van der Waals surface area contributed by atoms with Crippen LogP contribution in [0.3, 0.4) is 0 Å². The maximum Gasteiger partial charge on any atom is 0.223 e. The largest absolute Gasteiger partial charge is 0.489 e. The molecular weight excluding hydrogens is 437 g/mol. The maximum absolute atomic E-state index is 14.3. The number of nitrogens with zero attached hydrogens (tertiary/aromatic N) is 1. The van der Waals surface area contributed by atoms with Crippen molar-refractivity contribution >= 4 is 17.5 Å². The minimum absolute atomic E-state index is 0.102. The molecule has 0 unspecified atom stereocenters. The van der Waals surface area contributed by atoms with Gasteiger partial charge in [-0.25, -0.2) is 4.39 Å². The van der Waals surface area contributed by atoms with E-state index in [4.69, 9.17) is 16.3 Å². The van der Waals surface area contributed by atoms with E-state index < -0.39 is 5.82 Å². The van der Waals surface area contributed by atoms with Gasteiger partial charge in [0.15, 0.2) is 0 Å². The molecule has 0 saturated heterocycles. The standard InChI is InChI=1S/C28H29ClFNO2/c1-19-9-12-25(29)27(30)24(19)18-33-23-11-10-21-17-31(14-13-20(21)15-23)26(32)16-28(2,3)22-7-5-4-6-8-22/h4-12,15H,13-14,16-18H2,1-3H3.